The minimum absolute atomic E-state index is 0.356. The summed E-state index contributed by atoms with van der Waals surface area (Å²) in [7, 11) is 0. The molecule has 1 amide bonds. The summed E-state index contributed by atoms with van der Waals surface area (Å²) in [6.45, 7) is 0.852. The first-order valence-electron chi connectivity index (χ1n) is 8.85. The molecule has 0 aliphatic heterocycles. The topological polar surface area (TPSA) is 106 Å². The van der Waals surface area contributed by atoms with Crippen LogP contribution in [0.25, 0.3) is 5.69 Å². The first kappa shape index (κ1) is 20.5. The van der Waals surface area contributed by atoms with E-state index in [0.717, 1.165) is 0 Å². The molecule has 0 radical (unpaired) electrons. The van der Waals surface area contributed by atoms with E-state index < -0.39 is 18.5 Å². The minimum Gasteiger partial charge on any atom is -0.482 e. The van der Waals surface area contributed by atoms with E-state index in [4.69, 9.17) is 14.7 Å². The number of ether oxygens (including phenoxy) is 2. The van der Waals surface area contributed by atoms with Gasteiger partial charge in [-0.15, -0.1) is 0 Å². The van der Waals surface area contributed by atoms with Gasteiger partial charge in [0.1, 0.15) is 17.4 Å². The molecule has 1 N–H and O–H groups in total. The summed E-state index contributed by atoms with van der Waals surface area (Å²) in [6.07, 6.45) is 0. The average molecular weight is 408 g/mol. The van der Waals surface area contributed by atoms with Gasteiger partial charge in [0.05, 0.1) is 23.0 Å². The summed E-state index contributed by atoms with van der Waals surface area (Å²) in [5, 5.41) is 15.6. The smallest absolute Gasteiger partial charge is 0.344 e. The van der Waals surface area contributed by atoms with E-state index in [-0.39, 0.29) is 12.4 Å². The molecule has 30 heavy (non-hydrogen) atoms. The van der Waals surface area contributed by atoms with Crippen LogP contribution in [0.3, 0.4) is 0 Å². The van der Waals surface area contributed by atoms with Gasteiger partial charge >= 0.3 is 5.97 Å². The molecule has 2 aromatic carbocycles. The fourth-order valence-electron chi connectivity index (χ4n) is 2.50. The number of aryl methyl sites for hydroxylation is 1. The van der Waals surface area contributed by atoms with Crippen molar-refractivity contribution < 1.29 is 23.5 Å². The quantitative estimate of drug-likeness (QED) is 0.603. The molecule has 1 aromatic heterocycles. The standard InChI is InChI=1S/C21H17FN4O4/c1-14-10-19(26(25-14)17-6-4-16(22)5-7-17)24-20(27)12-30-21(28)13-29-18-8-2-15(11-23)3-9-18/h2-10H,12-13H2,1H3,(H,24,27). The van der Waals surface area contributed by atoms with Gasteiger partial charge in [-0.1, -0.05) is 0 Å². The van der Waals surface area contributed by atoms with Crippen LogP contribution in [0.5, 0.6) is 5.75 Å². The zero-order chi connectivity index (χ0) is 21.5. The number of anilines is 1. The van der Waals surface area contributed by atoms with Crippen LogP contribution in [0, 0.1) is 24.1 Å². The van der Waals surface area contributed by atoms with Gasteiger partial charge in [0.2, 0.25) is 0 Å². The second-order valence-corrected chi connectivity index (χ2v) is 6.19. The van der Waals surface area contributed by atoms with Gasteiger partial charge in [-0.3, -0.25) is 4.79 Å². The lowest BCUT2D eigenvalue weighted by Gasteiger charge is -2.10. The Morgan fingerprint density at radius 3 is 2.50 bits per heavy atom. The number of nitrogens with one attached hydrogen (secondary N) is 1. The number of halogens is 1. The first-order chi connectivity index (χ1) is 14.4. The van der Waals surface area contributed by atoms with Crippen LogP contribution in [-0.2, 0) is 14.3 Å². The van der Waals surface area contributed by atoms with Crippen molar-refractivity contribution in [2.45, 2.75) is 6.92 Å². The largest absolute Gasteiger partial charge is 0.482 e. The van der Waals surface area contributed by atoms with E-state index in [1.165, 1.54) is 28.9 Å². The van der Waals surface area contributed by atoms with Crippen LogP contribution in [0.2, 0.25) is 0 Å². The molecule has 8 nitrogen and oxygen atoms in total. The summed E-state index contributed by atoms with van der Waals surface area (Å²) in [4.78, 5) is 23.9. The van der Waals surface area contributed by atoms with Crippen LogP contribution < -0.4 is 10.1 Å². The maximum Gasteiger partial charge on any atom is 0.344 e. The SMILES string of the molecule is Cc1cc(NC(=O)COC(=O)COc2ccc(C#N)cc2)n(-c2ccc(F)cc2)n1. The number of hydrogen-bond donors (Lipinski definition) is 1. The summed E-state index contributed by atoms with van der Waals surface area (Å²) in [5.41, 5.74) is 1.67. The molecule has 0 atom stereocenters. The molecule has 0 aliphatic carbocycles. The lowest BCUT2D eigenvalue weighted by molar-refractivity contribution is -0.149. The average Bonchev–Trinajstić information content (AvgIpc) is 3.11. The summed E-state index contributed by atoms with van der Waals surface area (Å²) in [6, 6.07) is 15.5. The summed E-state index contributed by atoms with van der Waals surface area (Å²) in [5.74, 6) is -0.922. The van der Waals surface area contributed by atoms with E-state index in [0.29, 0.717) is 28.5 Å². The van der Waals surface area contributed by atoms with Crippen molar-refractivity contribution in [1.29, 1.82) is 5.26 Å². The second kappa shape index (κ2) is 9.34. The number of nitriles is 1. The highest BCUT2D eigenvalue weighted by Gasteiger charge is 2.13. The van der Waals surface area contributed by atoms with Crippen LogP contribution in [0.15, 0.2) is 54.6 Å². The van der Waals surface area contributed by atoms with E-state index in [2.05, 4.69) is 10.4 Å². The molecule has 0 fully saturated rings. The van der Waals surface area contributed by atoms with Crippen molar-refractivity contribution in [3.8, 4) is 17.5 Å². The van der Waals surface area contributed by atoms with Crippen LogP contribution in [-0.4, -0.2) is 34.9 Å². The number of benzene rings is 2. The number of carbonyl (C=O) groups is 2. The predicted molar refractivity (Wildman–Crippen MR) is 104 cm³/mol. The lowest BCUT2D eigenvalue weighted by atomic mass is 10.2. The molecule has 0 spiro atoms. The summed E-state index contributed by atoms with van der Waals surface area (Å²) < 4.78 is 24.7. The minimum atomic E-state index is -0.724. The van der Waals surface area contributed by atoms with Crippen LogP contribution in [0.4, 0.5) is 10.2 Å². The molecular weight excluding hydrogens is 391 g/mol. The zero-order valence-electron chi connectivity index (χ0n) is 16.0. The number of nitrogens with zero attached hydrogens (tertiary/aromatic N) is 3. The molecule has 152 valence electrons. The van der Waals surface area contributed by atoms with Gasteiger partial charge in [0.25, 0.3) is 5.91 Å². The Morgan fingerprint density at radius 1 is 1.13 bits per heavy atom. The van der Waals surface area contributed by atoms with E-state index >= 15 is 0 Å². The van der Waals surface area contributed by atoms with Crippen molar-refractivity contribution >= 4 is 17.7 Å². The zero-order valence-corrected chi connectivity index (χ0v) is 16.0. The van der Waals surface area contributed by atoms with Gasteiger partial charge in [-0.05, 0) is 55.5 Å². The molecule has 9 heteroatoms. The van der Waals surface area contributed by atoms with Crippen molar-refractivity contribution in [3.05, 3.63) is 71.7 Å². The van der Waals surface area contributed by atoms with Gasteiger partial charge in [0, 0.05) is 6.07 Å². The molecule has 0 bridgehead atoms. The Bertz CT molecular complexity index is 1090. The first-order valence-corrected chi connectivity index (χ1v) is 8.85. The van der Waals surface area contributed by atoms with Crippen molar-refractivity contribution in [3.63, 3.8) is 0 Å². The molecule has 0 saturated carbocycles. The number of hydrogen-bond acceptors (Lipinski definition) is 6. The maximum absolute atomic E-state index is 13.1. The molecule has 0 unspecified atom stereocenters. The molecule has 0 aliphatic rings. The second-order valence-electron chi connectivity index (χ2n) is 6.19. The van der Waals surface area contributed by atoms with Crippen molar-refractivity contribution in [1.82, 2.24) is 9.78 Å². The third-order valence-corrected chi connectivity index (χ3v) is 3.87. The molecule has 3 rings (SSSR count). The third kappa shape index (κ3) is 5.42. The van der Waals surface area contributed by atoms with Gasteiger partial charge in [-0.25, -0.2) is 13.9 Å². The molecule has 1 heterocycles. The van der Waals surface area contributed by atoms with Crippen molar-refractivity contribution in [2.24, 2.45) is 0 Å². The number of esters is 1. The summed E-state index contributed by atoms with van der Waals surface area (Å²) >= 11 is 0. The highest BCUT2D eigenvalue weighted by molar-refractivity contribution is 5.92. The number of carbonyl (C=O) groups excluding carboxylic acids is 2. The number of aromatic nitrogens is 2. The van der Waals surface area contributed by atoms with E-state index in [1.54, 1.807) is 37.3 Å². The van der Waals surface area contributed by atoms with Gasteiger partial charge in [0.15, 0.2) is 13.2 Å². The van der Waals surface area contributed by atoms with Gasteiger partial charge < -0.3 is 14.8 Å². The van der Waals surface area contributed by atoms with E-state index in [9.17, 15) is 14.0 Å². The third-order valence-electron chi connectivity index (χ3n) is 3.87. The molecule has 0 saturated heterocycles. The highest BCUT2D eigenvalue weighted by atomic mass is 19.1. The van der Waals surface area contributed by atoms with Gasteiger partial charge in [-0.2, -0.15) is 10.4 Å². The fourth-order valence-corrected chi connectivity index (χ4v) is 2.50. The van der Waals surface area contributed by atoms with E-state index in [1.807, 2.05) is 6.07 Å². The van der Waals surface area contributed by atoms with Crippen LogP contribution >= 0.6 is 0 Å². The van der Waals surface area contributed by atoms with Crippen LogP contribution in [0.1, 0.15) is 11.3 Å². The predicted octanol–water partition coefficient (Wildman–Crippen LogP) is 2.75. The number of rotatable bonds is 7. The Balaban J connectivity index is 1.51. The Kier molecular flexibility index (Phi) is 6.39. The maximum atomic E-state index is 13.1. The Morgan fingerprint density at radius 2 is 1.83 bits per heavy atom. The highest BCUT2D eigenvalue weighted by Crippen LogP contribution is 2.17. The number of amides is 1. The fraction of sp³-hybridized carbons (Fsp3) is 0.143. The Hall–Kier alpha value is -4.19. The monoisotopic (exact) mass is 408 g/mol. The lowest BCUT2D eigenvalue weighted by Crippen LogP contribution is -2.24. The van der Waals surface area contributed by atoms with Crippen molar-refractivity contribution in [2.75, 3.05) is 18.5 Å². The Labute approximate surface area is 171 Å². The normalized spacial score (nSPS) is 10.2. The molecule has 3 aromatic rings. The molecular formula is C21H17FN4O4.